The summed E-state index contributed by atoms with van der Waals surface area (Å²) in [6.07, 6.45) is -4.85. The summed E-state index contributed by atoms with van der Waals surface area (Å²) in [6, 6.07) is -1.04. The minimum Gasteiger partial charge on any atom is -1.00 e. The minimum atomic E-state index is -4.92. The zero-order valence-electron chi connectivity index (χ0n) is 9.53. The van der Waals surface area contributed by atoms with Gasteiger partial charge in [-0.15, -0.1) is 0 Å². The Bertz CT molecular complexity index is 318. The van der Waals surface area contributed by atoms with Crippen LogP contribution in [0.15, 0.2) is 0 Å². The molecule has 0 aliphatic carbocycles. The van der Waals surface area contributed by atoms with Crippen LogP contribution in [0.4, 0.5) is 0 Å². The van der Waals surface area contributed by atoms with E-state index in [1.807, 2.05) is 0 Å². The van der Waals surface area contributed by atoms with Gasteiger partial charge in [0.25, 0.3) is 0 Å². The third-order valence-corrected chi connectivity index (χ3v) is 1.95. The van der Waals surface area contributed by atoms with Gasteiger partial charge in [-0.3, -0.25) is 4.55 Å². The van der Waals surface area contributed by atoms with E-state index >= 15 is 0 Å². The van der Waals surface area contributed by atoms with Crippen LogP contribution in [0.1, 0.15) is 0 Å². The van der Waals surface area contributed by atoms with Crippen molar-refractivity contribution in [2.24, 2.45) is 5.73 Å². The number of ether oxygens (including phenoxy) is 1. The van der Waals surface area contributed by atoms with Gasteiger partial charge in [-0.2, -0.15) is 0 Å². The molecular weight excluding hydrogens is 363 g/mol. The van der Waals surface area contributed by atoms with Gasteiger partial charge in [-0.25, -0.2) is 8.42 Å². The quantitative estimate of drug-likeness (QED) is 0.145. The van der Waals surface area contributed by atoms with E-state index in [0.29, 0.717) is 0 Å². The van der Waals surface area contributed by atoms with Crippen LogP contribution >= 0.6 is 0 Å². The van der Waals surface area contributed by atoms with Crippen molar-refractivity contribution in [2.45, 2.75) is 30.6 Å². The van der Waals surface area contributed by atoms with E-state index in [-0.39, 0.29) is 31.9 Å². The van der Waals surface area contributed by atoms with Gasteiger partial charge in [-0.1, -0.05) is 0 Å². The molecule has 0 unspecified atom stereocenters. The molecule has 0 spiro atoms. The first-order chi connectivity index (χ1) is 7.57. The summed E-state index contributed by atoms with van der Waals surface area (Å²) < 4.78 is 37.5. The summed E-state index contributed by atoms with van der Waals surface area (Å²) in [5.41, 5.74) is 5.26. The molecule has 0 saturated carbocycles. The first kappa shape index (κ1) is 24.6. The second-order valence-electron chi connectivity index (χ2n) is 3.23. The zero-order chi connectivity index (χ0) is 13.8. The molecular formula is C6H14ClNO9SZn. The molecule has 1 aliphatic rings. The Morgan fingerprint density at radius 2 is 1.58 bits per heavy atom. The molecule has 1 rings (SSSR count). The van der Waals surface area contributed by atoms with E-state index in [1.54, 1.807) is 0 Å². The van der Waals surface area contributed by atoms with Crippen LogP contribution in [0, 0.1) is 0 Å². The predicted molar refractivity (Wildman–Crippen MR) is 50.3 cm³/mol. The van der Waals surface area contributed by atoms with Crippen molar-refractivity contribution in [2.75, 3.05) is 6.61 Å². The molecule has 0 bridgehead atoms. The van der Waals surface area contributed by atoms with Gasteiger partial charge in [0.15, 0.2) is 6.29 Å². The van der Waals surface area contributed by atoms with Gasteiger partial charge >= 0.3 is 19.5 Å². The SMILES string of the molecule is N[C@@H]1[C@@H](O)[C@H](O)[C@@H](CO)O[C@H]1O.O=S(=O)([O-])O.[Cl-].[Zn+2]. The van der Waals surface area contributed by atoms with E-state index in [2.05, 4.69) is 0 Å². The van der Waals surface area contributed by atoms with E-state index < -0.39 is 47.6 Å². The molecule has 0 aromatic carbocycles. The summed E-state index contributed by atoms with van der Waals surface area (Å²) in [7, 11) is -4.92. The Morgan fingerprint density at radius 1 is 1.21 bits per heavy atom. The van der Waals surface area contributed by atoms with Crippen molar-refractivity contribution in [3.63, 3.8) is 0 Å². The van der Waals surface area contributed by atoms with Crippen molar-refractivity contribution >= 4 is 10.4 Å². The molecule has 10 nitrogen and oxygen atoms in total. The molecule has 1 heterocycles. The van der Waals surface area contributed by atoms with Crippen molar-refractivity contribution in [3.05, 3.63) is 0 Å². The van der Waals surface area contributed by atoms with Gasteiger partial charge in [0.1, 0.15) is 18.3 Å². The van der Waals surface area contributed by atoms with Crippen LogP contribution in [0.25, 0.3) is 0 Å². The maximum atomic E-state index is 9.20. The Balaban J connectivity index is -0.000000320. The summed E-state index contributed by atoms with van der Waals surface area (Å²) in [4.78, 5) is 0. The second-order valence-corrected chi connectivity index (χ2v) is 4.09. The number of nitrogens with two attached hydrogens (primary N) is 1. The predicted octanol–water partition coefficient (Wildman–Crippen LogP) is -7.25. The Hall–Kier alpha value is 0.543. The topological polar surface area (TPSA) is 194 Å². The van der Waals surface area contributed by atoms with Crippen molar-refractivity contribution < 1.29 is 74.6 Å². The molecule has 5 atom stereocenters. The molecule has 1 saturated heterocycles. The Kier molecular flexibility index (Phi) is 13.3. The average Bonchev–Trinajstić information content (AvgIpc) is 2.18. The first-order valence-electron chi connectivity index (χ1n) is 4.32. The molecule has 13 heteroatoms. The number of halogens is 1. The standard InChI is InChI=1S/C6H13NO5.ClH.H2O4S.Zn/c7-3-5(10)4(9)2(1-8)12-6(3)11;;1-5(2,3)4;/h2-6,8-11H,1,7H2;1H;(H2,1,2,3,4);/q;;;+2/p-2/t2-,3-,4-,5-,6-;;;/m1.../s1. The fourth-order valence-corrected chi connectivity index (χ4v) is 1.12. The van der Waals surface area contributed by atoms with Crippen molar-refractivity contribution in [1.82, 2.24) is 0 Å². The molecule has 1 aliphatic heterocycles. The van der Waals surface area contributed by atoms with Crippen LogP contribution in [-0.2, 0) is 34.6 Å². The van der Waals surface area contributed by atoms with E-state index in [9.17, 15) is 10.2 Å². The molecule has 1 fully saturated rings. The van der Waals surface area contributed by atoms with Gasteiger partial charge < -0.3 is 47.9 Å². The first-order valence-corrected chi connectivity index (χ1v) is 5.68. The van der Waals surface area contributed by atoms with Gasteiger partial charge in [-0.05, 0) is 0 Å². The normalized spacial score (nSPS) is 34.2. The van der Waals surface area contributed by atoms with Crippen LogP contribution in [0.3, 0.4) is 0 Å². The fraction of sp³-hybridized carbons (Fsp3) is 1.00. The summed E-state index contributed by atoms with van der Waals surface area (Å²) in [5, 5.41) is 36.1. The van der Waals surface area contributed by atoms with Crippen LogP contribution in [-0.4, -0.2) is 75.2 Å². The minimum absolute atomic E-state index is 0. The maximum Gasteiger partial charge on any atom is 2.00 e. The summed E-state index contributed by atoms with van der Waals surface area (Å²) >= 11 is 0. The van der Waals surface area contributed by atoms with Crippen LogP contribution in [0.2, 0.25) is 0 Å². The van der Waals surface area contributed by atoms with Gasteiger partial charge in [0.2, 0.25) is 10.4 Å². The molecule has 0 aromatic rings. The average molecular weight is 377 g/mol. The fourth-order valence-electron chi connectivity index (χ4n) is 1.12. The summed E-state index contributed by atoms with van der Waals surface area (Å²) in [6.45, 7) is -0.470. The third kappa shape index (κ3) is 9.99. The van der Waals surface area contributed by atoms with Crippen LogP contribution in [0.5, 0.6) is 0 Å². The smallest absolute Gasteiger partial charge is 1.00 e. The molecule has 19 heavy (non-hydrogen) atoms. The largest absolute Gasteiger partial charge is 2.00 e. The molecule has 0 aromatic heterocycles. The number of aliphatic hydroxyl groups is 4. The monoisotopic (exact) mass is 375 g/mol. The van der Waals surface area contributed by atoms with E-state index in [4.69, 9.17) is 38.2 Å². The summed E-state index contributed by atoms with van der Waals surface area (Å²) in [5.74, 6) is 0. The van der Waals surface area contributed by atoms with Crippen molar-refractivity contribution in [1.29, 1.82) is 0 Å². The molecule has 112 valence electrons. The second kappa shape index (κ2) is 10.3. The van der Waals surface area contributed by atoms with Gasteiger partial charge in [0, 0.05) is 0 Å². The van der Waals surface area contributed by atoms with E-state index in [0.717, 1.165) is 0 Å². The number of rotatable bonds is 1. The number of hydrogen-bond donors (Lipinski definition) is 6. The van der Waals surface area contributed by atoms with Crippen LogP contribution < -0.4 is 18.1 Å². The molecule has 7 N–H and O–H groups in total. The molecule has 0 radical (unpaired) electrons. The third-order valence-electron chi connectivity index (χ3n) is 1.95. The Morgan fingerprint density at radius 3 is 1.89 bits per heavy atom. The zero-order valence-corrected chi connectivity index (χ0v) is 14.1. The van der Waals surface area contributed by atoms with E-state index in [1.165, 1.54) is 0 Å². The molecule has 0 amide bonds. The van der Waals surface area contributed by atoms with Crippen molar-refractivity contribution in [3.8, 4) is 0 Å². The number of hydrogen-bond acceptors (Lipinski definition) is 9. The maximum absolute atomic E-state index is 9.20. The number of aliphatic hydroxyl groups excluding tert-OH is 4. The van der Waals surface area contributed by atoms with Gasteiger partial charge in [0.05, 0.1) is 12.6 Å². The Labute approximate surface area is 128 Å².